The maximum Gasteiger partial charge on any atom is 0.354 e. The first-order chi connectivity index (χ1) is 5.77. The maximum absolute atomic E-state index is 10.9. The van der Waals surface area contributed by atoms with Crippen molar-refractivity contribution in [3.8, 4) is 5.40 Å². The Morgan fingerprint density at radius 3 is 3.17 bits per heavy atom. The normalized spacial score (nSPS) is 9.00. The van der Waals surface area contributed by atoms with Gasteiger partial charge in [-0.1, -0.05) is 0 Å². The van der Waals surface area contributed by atoms with Gasteiger partial charge in [0.2, 0.25) is 0 Å². The SMILES string of the molecule is COC(=O)c1cc(SC#N)c[nH]1. The first kappa shape index (κ1) is 8.68. The lowest BCUT2D eigenvalue weighted by atomic mass is 10.4. The van der Waals surface area contributed by atoms with E-state index in [4.69, 9.17) is 5.26 Å². The standard InChI is InChI=1S/C7H6N2O2S/c1-11-7(10)6-2-5(3-9-6)12-4-8/h2-3,9H,1H3. The Morgan fingerprint density at radius 1 is 1.83 bits per heavy atom. The number of rotatable bonds is 2. The Bertz CT molecular complexity index is 326. The number of ether oxygens (including phenoxy) is 1. The molecule has 0 unspecified atom stereocenters. The number of carbonyl (C=O) groups excluding carboxylic acids is 1. The number of nitrogens with zero attached hydrogens (tertiary/aromatic N) is 1. The van der Waals surface area contributed by atoms with Crippen LogP contribution in [0.25, 0.3) is 0 Å². The van der Waals surface area contributed by atoms with Crippen molar-refractivity contribution in [3.63, 3.8) is 0 Å². The van der Waals surface area contributed by atoms with Crippen molar-refractivity contribution in [2.75, 3.05) is 7.11 Å². The molecule has 1 rings (SSSR count). The smallest absolute Gasteiger partial charge is 0.354 e. The van der Waals surface area contributed by atoms with E-state index in [0.29, 0.717) is 10.6 Å². The molecule has 0 radical (unpaired) electrons. The van der Waals surface area contributed by atoms with Gasteiger partial charge in [0.1, 0.15) is 11.1 Å². The van der Waals surface area contributed by atoms with Crippen LogP contribution in [0.4, 0.5) is 0 Å². The Morgan fingerprint density at radius 2 is 2.58 bits per heavy atom. The zero-order valence-electron chi connectivity index (χ0n) is 6.33. The quantitative estimate of drug-likeness (QED) is 0.426. The van der Waals surface area contributed by atoms with Crippen molar-refractivity contribution in [2.45, 2.75) is 4.90 Å². The van der Waals surface area contributed by atoms with Crippen molar-refractivity contribution in [2.24, 2.45) is 0 Å². The predicted octanol–water partition coefficient (Wildman–Crippen LogP) is 1.37. The van der Waals surface area contributed by atoms with E-state index in [9.17, 15) is 4.79 Å². The molecule has 0 atom stereocenters. The summed E-state index contributed by atoms with van der Waals surface area (Å²) in [7, 11) is 1.31. The molecule has 0 saturated heterocycles. The first-order valence-electron chi connectivity index (χ1n) is 3.10. The summed E-state index contributed by atoms with van der Waals surface area (Å²) < 4.78 is 4.47. The number of thiocyanates is 1. The number of esters is 1. The second kappa shape index (κ2) is 3.83. The molecule has 5 heteroatoms. The second-order valence-corrected chi connectivity index (χ2v) is 2.79. The summed E-state index contributed by atoms with van der Waals surface area (Å²) in [5.41, 5.74) is 0.357. The van der Waals surface area contributed by atoms with E-state index in [1.54, 1.807) is 12.3 Å². The minimum absolute atomic E-state index is 0.357. The summed E-state index contributed by atoms with van der Waals surface area (Å²) in [6, 6.07) is 1.57. The molecule has 0 spiro atoms. The lowest BCUT2D eigenvalue weighted by Crippen LogP contribution is -2.00. The van der Waals surface area contributed by atoms with Gasteiger partial charge in [0, 0.05) is 11.1 Å². The summed E-state index contributed by atoms with van der Waals surface area (Å²) in [5, 5.41) is 10.2. The van der Waals surface area contributed by atoms with Gasteiger partial charge in [-0.05, 0) is 17.8 Å². The molecule has 1 aromatic heterocycles. The molecule has 0 aliphatic carbocycles. The molecule has 0 fully saturated rings. The molecule has 4 nitrogen and oxygen atoms in total. The van der Waals surface area contributed by atoms with Gasteiger partial charge >= 0.3 is 5.97 Å². The van der Waals surface area contributed by atoms with Crippen LogP contribution in [-0.4, -0.2) is 18.1 Å². The van der Waals surface area contributed by atoms with E-state index in [1.165, 1.54) is 7.11 Å². The van der Waals surface area contributed by atoms with Crippen LogP contribution in [0.5, 0.6) is 0 Å². The molecule has 0 saturated carbocycles. The fourth-order valence-electron chi connectivity index (χ4n) is 0.714. The maximum atomic E-state index is 10.9. The summed E-state index contributed by atoms with van der Waals surface area (Å²) in [4.78, 5) is 14.3. The molecule has 0 bridgehead atoms. The summed E-state index contributed by atoms with van der Waals surface area (Å²) in [5.74, 6) is -0.431. The van der Waals surface area contributed by atoms with E-state index >= 15 is 0 Å². The van der Waals surface area contributed by atoms with Crippen LogP contribution >= 0.6 is 11.8 Å². The lowest BCUT2D eigenvalue weighted by molar-refractivity contribution is 0.0595. The monoisotopic (exact) mass is 182 g/mol. The molecular formula is C7H6N2O2S. The second-order valence-electron chi connectivity index (χ2n) is 1.93. The van der Waals surface area contributed by atoms with E-state index in [-0.39, 0.29) is 0 Å². The Kier molecular flexibility index (Phi) is 2.77. The molecule has 1 heterocycles. The minimum atomic E-state index is -0.431. The first-order valence-corrected chi connectivity index (χ1v) is 3.92. The Balaban J connectivity index is 2.78. The van der Waals surface area contributed by atoms with Crippen molar-refractivity contribution < 1.29 is 9.53 Å². The van der Waals surface area contributed by atoms with Gasteiger partial charge in [-0.2, -0.15) is 5.26 Å². The summed E-state index contributed by atoms with van der Waals surface area (Å²) >= 11 is 0.991. The third-order valence-electron chi connectivity index (χ3n) is 1.23. The number of H-pyrrole nitrogens is 1. The lowest BCUT2D eigenvalue weighted by Gasteiger charge is -1.91. The third-order valence-corrected chi connectivity index (χ3v) is 1.79. The van der Waals surface area contributed by atoms with Gasteiger partial charge < -0.3 is 9.72 Å². The molecular weight excluding hydrogens is 176 g/mol. The van der Waals surface area contributed by atoms with Crippen LogP contribution < -0.4 is 0 Å². The van der Waals surface area contributed by atoms with Crippen LogP contribution in [0, 0.1) is 10.7 Å². The molecule has 1 aromatic rings. The van der Waals surface area contributed by atoms with Gasteiger partial charge in [0.25, 0.3) is 0 Å². The minimum Gasteiger partial charge on any atom is -0.464 e. The third kappa shape index (κ3) is 1.80. The van der Waals surface area contributed by atoms with Crippen LogP contribution in [0.15, 0.2) is 17.2 Å². The number of carbonyl (C=O) groups is 1. The molecule has 62 valence electrons. The zero-order chi connectivity index (χ0) is 8.97. The number of hydrogen-bond acceptors (Lipinski definition) is 4. The highest BCUT2D eigenvalue weighted by atomic mass is 32.2. The number of methoxy groups -OCH3 is 1. The Labute approximate surface area is 73.5 Å². The van der Waals surface area contributed by atoms with Crippen LogP contribution in [0.1, 0.15) is 10.5 Å². The predicted molar refractivity (Wildman–Crippen MR) is 43.6 cm³/mol. The van der Waals surface area contributed by atoms with Crippen molar-refractivity contribution in [1.29, 1.82) is 5.26 Å². The van der Waals surface area contributed by atoms with Crippen molar-refractivity contribution in [3.05, 3.63) is 18.0 Å². The van der Waals surface area contributed by atoms with Gasteiger partial charge in [-0.15, -0.1) is 0 Å². The topological polar surface area (TPSA) is 65.9 Å². The number of nitriles is 1. The highest BCUT2D eigenvalue weighted by Gasteiger charge is 2.07. The van der Waals surface area contributed by atoms with Crippen LogP contribution in [0.2, 0.25) is 0 Å². The van der Waals surface area contributed by atoms with Gasteiger partial charge in [-0.25, -0.2) is 4.79 Å². The number of nitrogens with one attached hydrogen (secondary N) is 1. The van der Waals surface area contributed by atoms with Crippen molar-refractivity contribution in [1.82, 2.24) is 4.98 Å². The molecule has 0 aliphatic rings. The molecule has 0 amide bonds. The Hall–Kier alpha value is -1.41. The fraction of sp³-hybridized carbons (Fsp3) is 0.143. The van der Waals surface area contributed by atoms with Crippen LogP contribution in [-0.2, 0) is 4.74 Å². The van der Waals surface area contributed by atoms with E-state index in [2.05, 4.69) is 9.72 Å². The molecule has 0 aliphatic heterocycles. The highest BCUT2D eigenvalue weighted by Crippen LogP contribution is 2.17. The van der Waals surface area contributed by atoms with Gasteiger partial charge in [-0.3, -0.25) is 0 Å². The average molecular weight is 182 g/mol. The average Bonchev–Trinajstić information content (AvgIpc) is 2.52. The van der Waals surface area contributed by atoms with Crippen molar-refractivity contribution >= 4 is 17.7 Å². The molecule has 1 N–H and O–H groups in total. The summed E-state index contributed by atoms with van der Waals surface area (Å²) in [6.07, 6.45) is 1.58. The molecule has 0 aromatic carbocycles. The van der Waals surface area contributed by atoms with E-state index in [1.807, 2.05) is 5.40 Å². The number of aromatic amines is 1. The van der Waals surface area contributed by atoms with Crippen LogP contribution in [0.3, 0.4) is 0 Å². The van der Waals surface area contributed by atoms with E-state index in [0.717, 1.165) is 11.8 Å². The fourth-order valence-corrected chi connectivity index (χ4v) is 1.11. The van der Waals surface area contributed by atoms with Gasteiger partial charge in [0.15, 0.2) is 0 Å². The zero-order valence-corrected chi connectivity index (χ0v) is 7.14. The number of hydrogen-bond donors (Lipinski definition) is 1. The van der Waals surface area contributed by atoms with Gasteiger partial charge in [0.05, 0.1) is 7.11 Å². The largest absolute Gasteiger partial charge is 0.464 e. The molecule has 12 heavy (non-hydrogen) atoms. The van der Waals surface area contributed by atoms with E-state index < -0.39 is 5.97 Å². The highest BCUT2D eigenvalue weighted by molar-refractivity contribution is 8.03. The number of thioether (sulfide) groups is 1. The number of aromatic nitrogens is 1. The summed E-state index contributed by atoms with van der Waals surface area (Å²) in [6.45, 7) is 0.